The first-order valence-electron chi connectivity index (χ1n) is 9.20. The van der Waals surface area contributed by atoms with Gasteiger partial charge < -0.3 is 15.0 Å². The SMILES string of the molecule is COC(=O)C[C@H](NC(=O)CN1CCCCCCC1=O)c1ccc(C)cc1. The van der Waals surface area contributed by atoms with Gasteiger partial charge in [-0.15, -0.1) is 0 Å². The summed E-state index contributed by atoms with van der Waals surface area (Å²) < 4.78 is 4.75. The molecule has 0 radical (unpaired) electrons. The van der Waals surface area contributed by atoms with Gasteiger partial charge in [0.1, 0.15) is 0 Å². The van der Waals surface area contributed by atoms with Crippen LogP contribution in [0.5, 0.6) is 0 Å². The van der Waals surface area contributed by atoms with Crippen molar-refractivity contribution in [1.82, 2.24) is 10.2 Å². The number of rotatable bonds is 6. The first-order valence-corrected chi connectivity index (χ1v) is 9.20. The van der Waals surface area contributed by atoms with Gasteiger partial charge in [-0.2, -0.15) is 0 Å². The lowest BCUT2D eigenvalue weighted by Gasteiger charge is -2.26. The Hall–Kier alpha value is -2.37. The molecule has 0 aromatic heterocycles. The highest BCUT2D eigenvalue weighted by atomic mass is 16.5. The zero-order chi connectivity index (χ0) is 18.9. The molecule has 1 aromatic carbocycles. The van der Waals surface area contributed by atoms with E-state index in [1.807, 2.05) is 31.2 Å². The number of ether oxygens (including phenoxy) is 1. The van der Waals surface area contributed by atoms with Crippen LogP contribution in [0.25, 0.3) is 0 Å². The molecule has 1 fully saturated rings. The van der Waals surface area contributed by atoms with Crippen LogP contribution in [0.2, 0.25) is 0 Å². The summed E-state index contributed by atoms with van der Waals surface area (Å²) in [6.07, 6.45) is 4.50. The summed E-state index contributed by atoms with van der Waals surface area (Å²) in [5, 5.41) is 2.89. The second kappa shape index (κ2) is 9.94. The summed E-state index contributed by atoms with van der Waals surface area (Å²) >= 11 is 0. The number of carbonyl (C=O) groups excluding carboxylic acids is 3. The molecule has 1 N–H and O–H groups in total. The number of methoxy groups -OCH3 is 1. The van der Waals surface area contributed by atoms with Crippen molar-refractivity contribution in [3.05, 3.63) is 35.4 Å². The number of likely N-dealkylation sites (tertiary alicyclic amines) is 1. The fourth-order valence-corrected chi connectivity index (χ4v) is 3.10. The average Bonchev–Trinajstić information content (AvgIpc) is 2.61. The molecule has 0 spiro atoms. The van der Waals surface area contributed by atoms with Gasteiger partial charge in [0.05, 0.1) is 26.1 Å². The van der Waals surface area contributed by atoms with Crippen LogP contribution in [0.3, 0.4) is 0 Å². The van der Waals surface area contributed by atoms with E-state index in [-0.39, 0.29) is 24.8 Å². The van der Waals surface area contributed by atoms with Gasteiger partial charge >= 0.3 is 5.97 Å². The molecule has 1 heterocycles. The lowest BCUT2D eigenvalue weighted by molar-refractivity contribution is -0.142. The van der Waals surface area contributed by atoms with E-state index in [1.165, 1.54) is 7.11 Å². The summed E-state index contributed by atoms with van der Waals surface area (Å²) in [5.74, 6) is -0.619. The largest absolute Gasteiger partial charge is 0.469 e. The van der Waals surface area contributed by atoms with E-state index in [4.69, 9.17) is 4.74 Å². The summed E-state index contributed by atoms with van der Waals surface area (Å²) in [5.41, 5.74) is 1.94. The standard InChI is InChI=1S/C20H28N2O4/c1-15-8-10-16(11-9-15)17(13-20(25)26-2)21-18(23)14-22-12-6-4-3-5-7-19(22)24/h8-11,17H,3-7,12-14H2,1-2H3,(H,21,23)/t17-/m0/s1. The Labute approximate surface area is 154 Å². The van der Waals surface area contributed by atoms with Gasteiger partial charge in [0.25, 0.3) is 0 Å². The minimum atomic E-state index is -0.472. The van der Waals surface area contributed by atoms with E-state index < -0.39 is 12.0 Å². The van der Waals surface area contributed by atoms with Crippen molar-refractivity contribution in [2.45, 2.75) is 51.5 Å². The Morgan fingerprint density at radius 3 is 2.54 bits per heavy atom. The van der Waals surface area contributed by atoms with Crippen molar-refractivity contribution in [3.8, 4) is 0 Å². The van der Waals surface area contributed by atoms with Crippen LogP contribution in [-0.4, -0.2) is 42.9 Å². The van der Waals surface area contributed by atoms with E-state index in [2.05, 4.69) is 5.32 Å². The van der Waals surface area contributed by atoms with E-state index in [9.17, 15) is 14.4 Å². The Bertz CT molecular complexity index is 627. The van der Waals surface area contributed by atoms with Crippen molar-refractivity contribution < 1.29 is 19.1 Å². The molecule has 1 aliphatic heterocycles. The second-order valence-electron chi connectivity index (χ2n) is 6.79. The molecule has 0 aliphatic carbocycles. The van der Waals surface area contributed by atoms with E-state index in [0.717, 1.165) is 36.8 Å². The number of benzene rings is 1. The third-order valence-electron chi connectivity index (χ3n) is 4.67. The Morgan fingerprint density at radius 2 is 1.85 bits per heavy atom. The van der Waals surface area contributed by atoms with E-state index in [1.54, 1.807) is 4.90 Å². The molecule has 2 amide bonds. The molecule has 0 saturated carbocycles. The first kappa shape index (κ1) is 19.9. The number of aryl methyl sites for hydroxylation is 1. The molecule has 0 bridgehead atoms. The van der Waals surface area contributed by atoms with Gasteiger partial charge in [-0.25, -0.2) is 0 Å². The lowest BCUT2D eigenvalue weighted by atomic mass is 10.0. The quantitative estimate of drug-likeness (QED) is 0.791. The molecule has 142 valence electrons. The van der Waals surface area contributed by atoms with Crippen LogP contribution in [0.4, 0.5) is 0 Å². The Kier molecular flexibility index (Phi) is 7.63. The Balaban J connectivity index is 2.03. The van der Waals surface area contributed by atoms with Crippen molar-refractivity contribution in [1.29, 1.82) is 0 Å². The zero-order valence-electron chi connectivity index (χ0n) is 15.6. The highest BCUT2D eigenvalue weighted by molar-refractivity contribution is 5.85. The number of nitrogens with one attached hydrogen (secondary N) is 1. The number of carbonyl (C=O) groups is 3. The van der Waals surface area contributed by atoms with Gasteiger partial charge in [-0.1, -0.05) is 42.7 Å². The van der Waals surface area contributed by atoms with Crippen molar-refractivity contribution >= 4 is 17.8 Å². The third kappa shape index (κ3) is 6.17. The van der Waals surface area contributed by atoms with Crippen LogP contribution < -0.4 is 5.32 Å². The van der Waals surface area contributed by atoms with Crippen LogP contribution in [0, 0.1) is 6.92 Å². The molecule has 26 heavy (non-hydrogen) atoms. The third-order valence-corrected chi connectivity index (χ3v) is 4.67. The molecule has 6 heteroatoms. The molecule has 0 unspecified atom stereocenters. The predicted molar refractivity (Wildman–Crippen MR) is 98.4 cm³/mol. The van der Waals surface area contributed by atoms with Gasteiger partial charge in [0, 0.05) is 13.0 Å². The maximum Gasteiger partial charge on any atom is 0.307 e. The summed E-state index contributed by atoms with van der Waals surface area (Å²) in [4.78, 5) is 38.1. The Morgan fingerprint density at radius 1 is 1.15 bits per heavy atom. The molecule has 6 nitrogen and oxygen atoms in total. The van der Waals surface area contributed by atoms with Gasteiger partial charge in [0.2, 0.25) is 11.8 Å². The van der Waals surface area contributed by atoms with Crippen molar-refractivity contribution in [2.75, 3.05) is 20.2 Å². The monoisotopic (exact) mass is 360 g/mol. The average molecular weight is 360 g/mol. The maximum atomic E-state index is 12.5. The molecule has 2 rings (SSSR count). The predicted octanol–water partition coefficient (Wildman–Crippen LogP) is 2.51. The van der Waals surface area contributed by atoms with Gasteiger partial charge in [-0.3, -0.25) is 14.4 Å². The lowest BCUT2D eigenvalue weighted by Crippen LogP contribution is -2.43. The summed E-state index contributed by atoms with van der Waals surface area (Å²) in [6.45, 7) is 2.62. The van der Waals surface area contributed by atoms with Crippen molar-refractivity contribution in [3.63, 3.8) is 0 Å². The van der Waals surface area contributed by atoms with E-state index >= 15 is 0 Å². The maximum absolute atomic E-state index is 12.5. The highest BCUT2D eigenvalue weighted by Crippen LogP contribution is 2.18. The molecule has 1 aromatic rings. The highest BCUT2D eigenvalue weighted by Gasteiger charge is 2.22. The fraction of sp³-hybridized carbons (Fsp3) is 0.550. The van der Waals surface area contributed by atoms with Crippen LogP contribution in [0.15, 0.2) is 24.3 Å². The number of nitrogens with zero attached hydrogens (tertiary/aromatic N) is 1. The second-order valence-corrected chi connectivity index (χ2v) is 6.79. The van der Waals surface area contributed by atoms with Gasteiger partial charge in [0.15, 0.2) is 0 Å². The smallest absolute Gasteiger partial charge is 0.307 e. The summed E-state index contributed by atoms with van der Waals surface area (Å²) in [7, 11) is 1.33. The van der Waals surface area contributed by atoms with Crippen molar-refractivity contribution in [2.24, 2.45) is 0 Å². The fourth-order valence-electron chi connectivity index (χ4n) is 3.10. The molecule has 1 saturated heterocycles. The molecule has 1 atom stereocenters. The van der Waals surface area contributed by atoms with E-state index in [0.29, 0.717) is 13.0 Å². The molecule has 1 aliphatic rings. The number of amides is 2. The summed E-state index contributed by atoms with van der Waals surface area (Å²) in [6, 6.07) is 7.19. The number of hydrogen-bond acceptors (Lipinski definition) is 4. The van der Waals surface area contributed by atoms with Gasteiger partial charge in [-0.05, 0) is 25.3 Å². The first-order chi connectivity index (χ1) is 12.5. The normalized spacial score (nSPS) is 16.4. The van der Waals surface area contributed by atoms with Crippen LogP contribution >= 0.6 is 0 Å². The topological polar surface area (TPSA) is 75.7 Å². The van der Waals surface area contributed by atoms with Crippen LogP contribution in [0.1, 0.15) is 55.7 Å². The minimum Gasteiger partial charge on any atom is -0.469 e. The minimum absolute atomic E-state index is 0.0275. The zero-order valence-corrected chi connectivity index (χ0v) is 15.6. The number of esters is 1. The molecular formula is C20H28N2O4. The molecular weight excluding hydrogens is 332 g/mol. The number of hydrogen-bond donors (Lipinski definition) is 1. The van der Waals surface area contributed by atoms with Crippen LogP contribution in [-0.2, 0) is 19.1 Å².